The maximum atomic E-state index is 13.8. The van der Waals surface area contributed by atoms with Crippen LogP contribution in [0.3, 0.4) is 0 Å². The number of halogens is 1. The molecule has 0 aliphatic carbocycles. The molecule has 0 unspecified atom stereocenters. The summed E-state index contributed by atoms with van der Waals surface area (Å²) in [5.41, 5.74) is 1.69. The van der Waals surface area contributed by atoms with Crippen LogP contribution < -0.4 is 10.6 Å². The number of alkyl halides is 1. The summed E-state index contributed by atoms with van der Waals surface area (Å²) in [7, 11) is 0. The van der Waals surface area contributed by atoms with E-state index in [1.807, 2.05) is 17.9 Å². The summed E-state index contributed by atoms with van der Waals surface area (Å²) in [4.78, 5) is 13.8. The second-order valence-electron chi connectivity index (χ2n) is 6.05. The van der Waals surface area contributed by atoms with Crippen molar-refractivity contribution in [3.8, 4) is 0 Å². The van der Waals surface area contributed by atoms with E-state index in [1.165, 1.54) is 0 Å². The van der Waals surface area contributed by atoms with Gasteiger partial charge < -0.3 is 19.6 Å². The van der Waals surface area contributed by atoms with E-state index in [9.17, 15) is 9.18 Å². The molecule has 2 N–H and O–H groups in total. The molecule has 1 fully saturated rings. The van der Waals surface area contributed by atoms with Crippen molar-refractivity contribution in [1.29, 1.82) is 0 Å². The van der Waals surface area contributed by atoms with Crippen LogP contribution in [0, 0.1) is 6.92 Å². The molecule has 1 aliphatic rings. The normalized spacial score (nSPS) is 21.1. The molecule has 0 bridgehead atoms. The Balaban J connectivity index is 1.46. The first kappa shape index (κ1) is 16.5. The zero-order chi connectivity index (χ0) is 16.9. The number of aryl methyl sites for hydroxylation is 1. The second kappa shape index (κ2) is 7.48. The van der Waals surface area contributed by atoms with E-state index in [1.54, 1.807) is 18.6 Å². The van der Waals surface area contributed by atoms with E-state index < -0.39 is 6.17 Å². The molecule has 0 radical (unpaired) electrons. The van der Waals surface area contributed by atoms with E-state index >= 15 is 0 Å². The largest absolute Gasteiger partial charge is 0.472 e. The monoisotopic (exact) mass is 336 g/mol. The molecule has 7 nitrogen and oxygen atoms in total. The molecule has 3 heterocycles. The highest BCUT2D eigenvalue weighted by atomic mass is 19.1. The fraction of sp³-hybridized carbons (Fsp3) is 0.500. The molecule has 1 saturated heterocycles. The van der Waals surface area contributed by atoms with E-state index in [-0.39, 0.29) is 12.1 Å². The Labute approximate surface area is 139 Å². The van der Waals surface area contributed by atoms with Gasteiger partial charge in [0.25, 0.3) is 0 Å². The van der Waals surface area contributed by atoms with Gasteiger partial charge in [0, 0.05) is 37.3 Å². The molecule has 0 spiro atoms. The first-order chi connectivity index (χ1) is 11.6. The van der Waals surface area contributed by atoms with E-state index in [4.69, 9.17) is 8.94 Å². The second-order valence-corrected chi connectivity index (χ2v) is 6.05. The van der Waals surface area contributed by atoms with Crippen LogP contribution in [0.5, 0.6) is 0 Å². The molecule has 2 amide bonds. The topological polar surface area (TPSA) is 83.5 Å². The number of urea groups is 1. The minimum atomic E-state index is -0.894. The molecule has 2 atom stereocenters. The molecule has 0 aromatic carbocycles. The number of aromatic nitrogens is 1. The van der Waals surface area contributed by atoms with E-state index in [2.05, 4.69) is 15.8 Å². The molecule has 130 valence electrons. The lowest BCUT2D eigenvalue weighted by Gasteiger charge is -2.23. The highest BCUT2D eigenvalue weighted by molar-refractivity contribution is 5.73. The fourth-order valence-electron chi connectivity index (χ4n) is 2.87. The molecule has 24 heavy (non-hydrogen) atoms. The average Bonchev–Trinajstić information content (AvgIpc) is 3.26. The number of hydrogen-bond donors (Lipinski definition) is 2. The number of hydrogen-bond acceptors (Lipinski definition) is 5. The number of nitrogens with zero attached hydrogens (tertiary/aromatic N) is 2. The van der Waals surface area contributed by atoms with Crippen molar-refractivity contribution in [1.82, 2.24) is 20.7 Å². The smallest absolute Gasteiger partial charge is 0.315 e. The third kappa shape index (κ3) is 4.35. The van der Waals surface area contributed by atoms with Crippen molar-refractivity contribution in [3.63, 3.8) is 0 Å². The molecule has 2 aromatic rings. The van der Waals surface area contributed by atoms with Crippen molar-refractivity contribution in [3.05, 3.63) is 41.7 Å². The van der Waals surface area contributed by atoms with Crippen LogP contribution in [0.1, 0.15) is 23.4 Å². The van der Waals surface area contributed by atoms with Gasteiger partial charge in [0.05, 0.1) is 24.8 Å². The third-order valence-electron chi connectivity index (χ3n) is 4.04. The molecular weight excluding hydrogens is 315 g/mol. The lowest BCUT2D eigenvalue weighted by molar-refractivity contribution is 0.201. The van der Waals surface area contributed by atoms with Gasteiger partial charge in [-0.15, -0.1) is 0 Å². The van der Waals surface area contributed by atoms with Crippen molar-refractivity contribution < 1.29 is 18.1 Å². The summed E-state index contributed by atoms with van der Waals surface area (Å²) >= 11 is 0. The number of rotatable bonds is 6. The molecule has 3 rings (SSSR count). The van der Waals surface area contributed by atoms with Gasteiger partial charge in [-0.2, -0.15) is 0 Å². The van der Waals surface area contributed by atoms with Gasteiger partial charge in [0.2, 0.25) is 0 Å². The highest BCUT2D eigenvalue weighted by Gasteiger charge is 2.32. The van der Waals surface area contributed by atoms with Gasteiger partial charge >= 0.3 is 6.03 Å². The first-order valence-corrected chi connectivity index (χ1v) is 7.93. The van der Waals surface area contributed by atoms with Crippen LogP contribution in [0.15, 0.2) is 33.6 Å². The average molecular weight is 336 g/mol. The maximum absolute atomic E-state index is 13.8. The molecule has 1 aliphatic heterocycles. The minimum Gasteiger partial charge on any atom is -0.472 e. The Kier molecular flexibility index (Phi) is 5.14. The molecule has 8 heteroatoms. The third-order valence-corrected chi connectivity index (χ3v) is 4.04. The lowest BCUT2D eigenvalue weighted by Crippen LogP contribution is -2.43. The number of carbonyl (C=O) groups excluding carboxylic acids is 1. The summed E-state index contributed by atoms with van der Waals surface area (Å²) in [5.74, 6) is 0.705. The van der Waals surface area contributed by atoms with Crippen molar-refractivity contribution in [2.24, 2.45) is 0 Å². The van der Waals surface area contributed by atoms with Crippen molar-refractivity contribution >= 4 is 6.03 Å². The molecule has 2 aromatic heterocycles. The summed E-state index contributed by atoms with van der Waals surface area (Å²) in [6, 6.07) is 3.28. The zero-order valence-electron chi connectivity index (χ0n) is 13.5. The van der Waals surface area contributed by atoms with Gasteiger partial charge in [-0.05, 0) is 19.4 Å². The predicted molar refractivity (Wildman–Crippen MR) is 83.9 cm³/mol. The van der Waals surface area contributed by atoms with Crippen LogP contribution in [0.2, 0.25) is 0 Å². The summed E-state index contributed by atoms with van der Waals surface area (Å²) in [5, 5.41) is 9.37. The number of nitrogens with one attached hydrogen (secondary N) is 2. The quantitative estimate of drug-likeness (QED) is 0.843. The van der Waals surface area contributed by atoms with Gasteiger partial charge in [0.15, 0.2) is 5.76 Å². The Morgan fingerprint density at radius 3 is 3.08 bits per heavy atom. The SMILES string of the molecule is Cc1cc(CN2C[C@@H](F)C[C@H]2CNC(=O)NCc2ccoc2)on1. The minimum absolute atomic E-state index is 0.0647. The molecule has 0 saturated carbocycles. The Morgan fingerprint density at radius 1 is 1.50 bits per heavy atom. The van der Waals surface area contributed by atoms with Crippen molar-refractivity contribution in [2.45, 2.75) is 38.6 Å². The van der Waals surface area contributed by atoms with Gasteiger partial charge in [-0.25, -0.2) is 9.18 Å². The van der Waals surface area contributed by atoms with Crippen LogP contribution in [-0.2, 0) is 13.1 Å². The van der Waals surface area contributed by atoms with Gasteiger partial charge in [-0.1, -0.05) is 5.16 Å². The Morgan fingerprint density at radius 2 is 2.38 bits per heavy atom. The number of amides is 2. The summed E-state index contributed by atoms with van der Waals surface area (Å²) < 4.78 is 23.9. The zero-order valence-corrected chi connectivity index (χ0v) is 13.5. The summed E-state index contributed by atoms with van der Waals surface area (Å²) in [6.45, 7) is 3.44. The Hall–Kier alpha value is -2.35. The van der Waals surface area contributed by atoms with Crippen molar-refractivity contribution in [2.75, 3.05) is 13.1 Å². The molecular formula is C16H21FN4O3. The van der Waals surface area contributed by atoms with Crippen LogP contribution in [-0.4, -0.2) is 41.4 Å². The predicted octanol–water partition coefficient (Wildman–Crippen LogP) is 1.99. The first-order valence-electron chi connectivity index (χ1n) is 7.93. The number of furan rings is 1. The maximum Gasteiger partial charge on any atom is 0.315 e. The fourth-order valence-corrected chi connectivity index (χ4v) is 2.87. The van der Waals surface area contributed by atoms with E-state index in [0.29, 0.717) is 38.4 Å². The lowest BCUT2D eigenvalue weighted by atomic mass is 10.2. The Bertz CT molecular complexity index is 658. The van der Waals surface area contributed by atoms with Gasteiger partial charge in [-0.3, -0.25) is 4.90 Å². The van der Waals surface area contributed by atoms with Gasteiger partial charge in [0.1, 0.15) is 6.17 Å². The van der Waals surface area contributed by atoms with E-state index in [0.717, 1.165) is 11.3 Å². The highest BCUT2D eigenvalue weighted by Crippen LogP contribution is 2.22. The standard InChI is InChI=1S/C16H21FN4O3/c1-11-4-15(24-20-11)9-21-8-13(17)5-14(21)7-19-16(22)18-6-12-2-3-23-10-12/h2-4,10,13-14H,5-9H2,1H3,(H2,18,19,22)/t13-,14-/m0/s1. The summed E-state index contributed by atoms with van der Waals surface area (Å²) in [6.07, 6.45) is 2.63. The van der Waals surface area contributed by atoms with Crippen LogP contribution >= 0.6 is 0 Å². The number of likely N-dealkylation sites (tertiary alicyclic amines) is 1. The van der Waals surface area contributed by atoms with Crippen LogP contribution in [0.25, 0.3) is 0 Å². The van der Waals surface area contributed by atoms with Crippen LogP contribution in [0.4, 0.5) is 9.18 Å². The number of carbonyl (C=O) groups is 1.